The van der Waals surface area contributed by atoms with Gasteiger partial charge in [-0.3, -0.25) is 4.79 Å². The number of aliphatic hydroxyl groups excluding tert-OH is 1. The molecule has 0 fully saturated rings. The molecule has 2 rings (SSSR count). The molecule has 0 aromatic heterocycles. The van der Waals surface area contributed by atoms with E-state index in [1.807, 2.05) is 37.3 Å². The van der Waals surface area contributed by atoms with Crippen molar-refractivity contribution in [2.45, 2.75) is 27.0 Å². The van der Waals surface area contributed by atoms with Crippen LogP contribution in [0.1, 0.15) is 23.6 Å². The molecule has 0 aliphatic heterocycles. The normalized spacial score (nSPS) is 9.91. The molecule has 0 spiro atoms. The minimum atomic E-state index is -0.0463. The number of hydrogen-bond donors (Lipinski definition) is 1. The van der Waals surface area contributed by atoms with Gasteiger partial charge in [0.15, 0.2) is 0 Å². The van der Waals surface area contributed by atoms with E-state index in [9.17, 15) is 9.90 Å². The van der Waals surface area contributed by atoms with Crippen LogP contribution < -0.4 is 4.74 Å². The fourth-order valence-corrected chi connectivity index (χ4v) is 2.00. The Balaban J connectivity index is 0.00000264. The van der Waals surface area contributed by atoms with Gasteiger partial charge in [-0.05, 0) is 17.7 Å². The molecule has 1 N–H and O–H groups in total. The van der Waals surface area contributed by atoms with Crippen LogP contribution in [0.3, 0.4) is 0 Å². The van der Waals surface area contributed by atoms with Crippen LogP contribution in [-0.4, -0.2) is 23.0 Å². The average Bonchev–Trinajstić information content (AvgIpc) is 2.51. The van der Waals surface area contributed by atoms with Crippen molar-refractivity contribution >= 4 is 5.91 Å². The first-order chi connectivity index (χ1) is 10.5. The molecular formula is C18H20NO3Y-. The Kier molecular flexibility index (Phi) is 7.90. The number of rotatable bonds is 5. The Labute approximate surface area is 162 Å². The smallest absolute Gasteiger partial charge is 0.219 e. The number of hydrogen-bond acceptors (Lipinski definition) is 3. The number of amides is 1. The van der Waals surface area contributed by atoms with E-state index in [2.05, 4.69) is 6.07 Å². The van der Waals surface area contributed by atoms with Crippen molar-refractivity contribution in [1.29, 1.82) is 0 Å². The molecule has 119 valence electrons. The zero-order valence-electron chi connectivity index (χ0n) is 13.7. The summed E-state index contributed by atoms with van der Waals surface area (Å²) in [6.45, 7) is 3.86. The standard InChI is InChI=1S/C18H20NO3.Y/c1-13-4-7-17(8-5-13)22-18-9-6-15(12-20)10-16(18)11-19(3)14(2)21;/h4,6-10,20H,11-12H2,1-3H3;/q-1;. The molecule has 1 amide bonds. The molecule has 2 aromatic carbocycles. The molecule has 4 nitrogen and oxygen atoms in total. The minimum absolute atomic E-state index is 0. The quantitative estimate of drug-likeness (QED) is 0.803. The summed E-state index contributed by atoms with van der Waals surface area (Å²) in [7, 11) is 1.73. The molecule has 0 saturated carbocycles. The first-order valence-corrected chi connectivity index (χ1v) is 7.10. The molecule has 0 atom stereocenters. The van der Waals surface area contributed by atoms with Gasteiger partial charge in [-0.1, -0.05) is 13.0 Å². The van der Waals surface area contributed by atoms with Gasteiger partial charge >= 0.3 is 0 Å². The molecule has 1 radical (unpaired) electrons. The molecule has 0 unspecified atom stereocenters. The Bertz CT molecular complexity index is 656. The Morgan fingerprint density at radius 3 is 2.61 bits per heavy atom. The van der Waals surface area contributed by atoms with Gasteiger partial charge < -0.3 is 14.7 Å². The van der Waals surface area contributed by atoms with Crippen LogP contribution in [0.15, 0.2) is 36.4 Å². The zero-order valence-corrected chi connectivity index (χ0v) is 16.5. The van der Waals surface area contributed by atoms with Crippen LogP contribution in [0.5, 0.6) is 11.5 Å². The van der Waals surface area contributed by atoms with Crippen molar-refractivity contribution < 1.29 is 47.3 Å². The molecule has 0 bridgehead atoms. The fourth-order valence-electron chi connectivity index (χ4n) is 2.00. The Morgan fingerprint density at radius 2 is 2.04 bits per heavy atom. The van der Waals surface area contributed by atoms with Crippen molar-refractivity contribution in [2.75, 3.05) is 7.05 Å². The summed E-state index contributed by atoms with van der Waals surface area (Å²) in [4.78, 5) is 13.0. The van der Waals surface area contributed by atoms with Gasteiger partial charge in [-0.25, -0.2) is 0 Å². The number of aryl methyl sites for hydroxylation is 1. The van der Waals surface area contributed by atoms with Crippen LogP contribution >= 0.6 is 0 Å². The maximum Gasteiger partial charge on any atom is 0.219 e. The predicted octanol–water partition coefficient (Wildman–Crippen LogP) is 3.06. The van der Waals surface area contributed by atoms with Crippen LogP contribution in [0.25, 0.3) is 0 Å². The number of carbonyl (C=O) groups excluding carboxylic acids is 1. The van der Waals surface area contributed by atoms with Gasteiger partial charge in [-0.15, -0.1) is 12.1 Å². The third-order valence-electron chi connectivity index (χ3n) is 3.42. The van der Waals surface area contributed by atoms with E-state index < -0.39 is 0 Å². The summed E-state index contributed by atoms with van der Waals surface area (Å²) in [5.41, 5.74) is 2.68. The maximum absolute atomic E-state index is 11.4. The number of benzene rings is 2. The third-order valence-corrected chi connectivity index (χ3v) is 3.42. The van der Waals surface area contributed by atoms with Gasteiger partial charge in [0.1, 0.15) is 5.75 Å². The van der Waals surface area contributed by atoms with E-state index in [0.717, 1.165) is 16.7 Å². The first-order valence-electron chi connectivity index (χ1n) is 7.10. The summed E-state index contributed by atoms with van der Waals surface area (Å²) in [6, 6.07) is 14.2. The molecule has 0 aliphatic carbocycles. The summed E-state index contributed by atoms with van der Waals surface area (Å²) in [6.07, 6.45) is 0. The maximum atomic E-state index is 11.4. The van der Waals surface area contributed by atoms with E-state index in [1.54, 1.807) is 18.0 Å². The van der Waals surface area contributed by atoms with Crippen molar-refractivity contribution in [2.24, 2.45) is 0 Å². The Hall–Kier alpha value is -1.23. The van der Waals surface area contributed by atoms with E-state index >= 15 is 0 Å². The predicted molar refractivity (Wildman–Crippen MR) is 84.6 cm³/mol. The molecule has 2 aromatic rings. The van der Waals surface area contributed by atoms with Crippen molar-refractivity contribution in [3.63, 3.8) is 0 Å². The van der Waals surface area contributed by atoms with Crippen LogP contribution in [0.2, 0.25) is 0 Å². The molecule has 0 heterocycles. The second-order valence-electron chi connectivity index (χ2n) is 5.28. The molecule has 0 aliphatic rings. The van der Waals surface area contributed by atoms with Crippen molar-refractivity contribution in [3.05, 3.63) is 59.2 Å². The molecule has 0 saturated heterocycles. The molecular weight excluding hydrogens is 367 g/mol. The summed E-state index contributed by atoms with van der Waals surface area (Å²) >= 11 is 0. The van der Waals surface area contributed by atoms with Gasteiger partial charge in [0.2, 0.25) is 5.91 Å². The topological polar surface area (TPSA) is 49.8 Å². The number of nitrogens with zero attached hydrogens (tertiary/aromatic N) is 1. The molecule has 23 heavy (non-hydrogen) atoms. The molecule has 5 heteroatoms. The number of aliphatic hydroxyl groups is 1. The number of ether oxygens (including phenoxy) is 1. The van der Waals surface area contributed by atoms with Gasteiger partial charge in [-0.2, -0.15) is 17.7 Å². The van der Waals surface area contributed by atoms with Crippen LogP contribution in [-0.2, 0) is 50.7 Å². The fraction of sp³-hybridized carbons (Fsp3) is 0.278. The summed E-state index contributed by atoms with van der Waals surface area (Å²) < 4.78 is 5.89. The van der Waals surface area contributed by atoms with E-state index in [0.29, 0.717) is 18.0 Å². The van der Waals surface area contributed by atoms with Crippen molar-refractivity contribution in [1.82, 2.24) is 4.90 Å². The van der Waals surface area contributed by atoms with Crippen LogP contribution in [0, 0.1) is 13.0 Å². The van der Waals surface area contributed by atoms with E-state index in [4.69, 9.17) is 4.74 Å². The van der Waals surface area contributed by atoms with Crippen molar-refractivity contribution in [3.8, 4) is 11.5 Å². The monoisotopic (exact) mass is 387 g/mol. The van der Waals surface area contributed by atoms with E-state index in [-0.39, 0.29) is 45.2 Å². The second-order valence-corrected chi connectivity index (χ2v) is 5.28. The SMILES string of the molecule is CC(=O)N(C)Cc1cc(CO)ccc1Oc1c[c-]c(C)cc1.[Y]. The van der Waals surface area contributed by atoms with Crippen LogP contribution in [0.4, 0.5) is 0 Å². The zero-order chi connectivity index (χ0) is 16.1. The summed E-state index contributed by atoms with van der Waals surface area (Å²) in [5.74, 6) is 1.33. The van der Waals surface area contributed by atoms with Gasteiger partial charge in [0.25, 0.3) is 0 Å². The summed E-state index contributed by atoms with van der Waals surface area (Å²) in [5, 5.41) is 9.29. The largest absolute Gasteiger partial charge is 0.516 e. The first kappa shape index (κ1) is 19.8. The number of carbonyl (C=O) groups is 1. The van der Waals surface area contributed by atoms with Gasteiger partial charge in [0.05, 0.1) is 6.61 Å². The third kappa shape index (κ3) is 5.72. The second kappa shape index (κ2) is 9.16. The Morgan fingerprint density at radius 1 is 1.30 bits per heavy atom. The van der Waals surface area contributed by atoms with E-state index in [1.165, 1.54) is 6.92 Å². The minimum Gasteiger partial charge on any atom is -0.516 e. The average molecular weight is 387 g/mol. The van der Waals surface area contributed by atoms with Gasteiger partial charge in [0, 0.05) is 64.5 Å².